The maximum Gasteiger partial charge on any atom is 0.193 e. The second-order valence-electron chi connectivity index (χ2n) is 4.68. The van der Waals surface area contributed by atoms with Crippen molar-refractivity contribution >= 4 is 22.9 Å². The van der Waals surface area contributed by atoms with Gasteiger partial charge in [0, 0.05) is 17.4 Å². The molecule has 1 N–H and O–H groups in total. The van der Waals surface area contributed by atoms with Crippen LogP contribution in [-0.2, 0) is 6.42 Å². The highest BCUT2D eigenvalue weighted by molar-refractivity contribution is 7.09. The molecule has 108 valence electrons. The van der Waals surface area contributed by atoms with Crippen LogP contribution in [0.15, 0.2) is 52.3 Å². The second kappa shape index (κ2) is 6.43. The first-order valence-corrected chi connectivity index (χ1v) is 7.94. The van der Waals surface area contributed by atoms with E-state index < -0.39 is 0 Å². The Morgan fingerprint density at radius 1 is 1.24 bits per heavy atom. The van der Waals surface area contributed by atoms with Crippen molar-refractivity contribution in [1.29, 1.82) is 0 Å². The van der Waals surface area contributed by atoms with Crippen molar-refractivity contribution in [2.24, 2.45) is 0 Å². The Morgan fingerprint density at radius 2 is 2.05 bits per heavy atom. The molecular formula is C16H15ClN2OS. The van der Waals surface area contributed by atoms with E-state index in [1.807, 2.05) is 31.3 Å². The lowest BCUT2D eigenvalue weighted by molar-refractivity contribution is 0.430. The summed E-state index contributed by atoms with van der Waals surface area (Å²) in [6, 6.07) is 13.9. The Bertz CT molecular complexity index is 708. The van der Waals surface area contributed by atoms with Gasteiger partial charge in [-0.05, 0) is 30.8 Å². The second-order valence-corrected chi connectivity index (χ2v) is 5.99. The predicted octanol–water partition coefficient (Wildman–Crippen LogP) is 4.56. The first-order chi connectivity index (χ1) is 10.3. The lowest BCUT2D eigenvalue weighted by atomic mass is 10.1. The van der Waals surface area contributed by atoms with Gasteiger partial charge < -0.3 is 9.73 Å². The zero-order valence-electron chi connectivity index (χ0n) is 11.5. The quantitative estimate of drug-likeness (QED) is 0.749. The highest BCUT2D eigenvalue weighted by Gasteiger charge is 2.16. The summed E-state index contributed by atoms with van der Waals surface area (Å²) in [4.78, 5) is 4.70. The molecule has 3 rings (SSSR count). The van der Waals surface area contributed by atoms with Gasteiger partial charge in [0.2, 0.25) is 0 Å². The molecule has 0 aliphatic heterocycles. The largest absolute Gasteiger partial charge is 0.448 e. The van der Waals surface area contributed by atoms with Gasteiger partial charge in [-0.15, -0.1) is 11.3 Å². The van der Waals surface area contributed by atoms with Gasteiger partial charge in [0.1, 0.15) is 5.76 Å². The maximum atomic E-state index is 5.84. The van der Waals surface area contributed by atoms with Gasteiger partial charge in [0.05, 0.1) is 16.7 Å². The van der Waals surface area contributed by atoms with Crippen molar-refractivity contribution in [3.8, 4) is 11.3 Å². The van der Waals surface area contributed by atoms with Crippen LogP contribution in [0.3, 0.4) is 0 Å². The Morgan fingerprint density at radius 3 is 2.71 bits per heavy atom. The average Bonchev–Trinajstić information content (AvgIpc) is 3.15. The SMILES string of the molecule is CNC(Cc1nc(-c2ccccc2)cs1)c1ccc(Cl)o1. The van der Waals surface area contributed by atoms with Crippen LogP contribution in [-0.4, -0.2) is 12.0 Å². The summed E-state index contributed by atoms with van der Waals surface area (Å²) in [5.41, 5.74) is 2.16. The molecule has 1 aromatic carbocycles. The lowest BCUT2D eigenvalue weighted by Gasteiger charge is -2.11. The fourth-order valence-corrected chi connectivity index (χ4v) is 3.18. The van der Waals surface area contributed by atoms with Crippen molar-refractivity contribution < 1.29 is 4.42 Å². The molecule has 0 bridgehead atoms. The fourth-order valence-electron chi connectivity index (χ4n) is 2.18. The van der Waals surface area contributed by atoms with E-state index in [9.17, 15) is 0 Å². The van der Waals surface area contributed by atoms with Crippen molar-refractivity contribution in [2.45, 2.75) is 12.5 Å². The van der Waals surface area contributed by atoms with E-state index >= 15 is 0 Å². The summed E-state index contributed by atoms with van der Waals surface area (Å²) in [5.74, 6) is 0.832. The average molecular weight is 319 g/mol. The molecule has 3 nitrogen and oxygen atoms in total. The van der Waals surface area contributed by atoms with Gasteiger partial charge in [0.25, 0.3) is 0 Å². The third-order valence-electron chi connectivity index (χ3n) is 3.29. The molecule has 1 atom stereocenters. The van der Waals surface area contributed by atoms with Crippen molar-refractivity contribution in [1.82, 2.24) is 10.3 Å². The van der Waals surface area contributed by atoms with E-state index in [4.69, 9.17) is 21.0 Å². The summed E-state index contributed by atoms with van der Waals surface area (Å²) in [6.45, 7) is 0. The topological polar surface area (TPSA) is 38.1 Å². The summed E-state index contributed by atoms with van der Waals surface area (Å²) in [5, 5.41) is 6.81. The summed E-state index contributed by atoms with van der Waals surface area (Å²) >= 11 is 7.50. The first kappa shape index (κ1) is 14.3. The summed E-state index contributed by atoms with van der Waals surface area (Å²) < 4.78 is 5.48. The number of nitrogens with one attached hydrogen (secondary N) is 1. The van der Waals surface area contributed by atoms with E-state index in [0.29, 0.717) is 5.22 Å². The minimum Gasteiger partial charge on any atom is -0.448 e. The molecule has 0 spiro atoms. The molecule has 0 radical (unpaired) electrons. The molecule has 5 heteroatoms. The molecule has 0 aliphatic rings. The van der Waals surface area contributed by atoms with Gasteiger partial charge in [-0.2, -0.15) is 0 Å². The fraction of sp³-hybridized carbons (Fsp3) is 0.188. The Labute approximate surface area is 132 Å². The van der Waals surface area contributed by atoms with Crippen LogP contribution in [0, 0.1) is 0 Å². The molecule has 21 heavy (non-hydrogen) atoms. The summed E-state index contributed by atoms with van der Waals surface area (Å²) in [6.07, 6.45) is 0.776. The highest BCUT2D eigenvalue weighted by atomic mass is 35.5. The number of hydrogen-bond acceptors (Lipinski definition) is 4. The molecule has 1 unspecified atom stereocenters. The number of likely N-dealkylation sites (N-methyl/N-ethyl adjacent to an activating group) is 1. The monoisotopic (exact) mass is 318 g/mol. The smallest absolute Gasteiger partial charge is 0.193 e. The zero-order valence-corrected chi connectivity index (χ0v) is 13.1. The number of thiazole rings is 1. The molecule has 3 aromatic rings. The van der Waals surface area contributed by atoms with Crippen LogP contribution in [0.2, 0.25) is 5.22 Å². The standard InChI is InChI=1S/C16H15ClN2OS/c1-18-12(14-7-8-15(17)20-14)9-16-19-13(10-21-16)11-5-3-2-4-6-11/h2-8,10,12,18H,9H2,1H3. The number of nitrogens with zero attached hydrogens (tertiary/aromatic N) is 1. The van der Waals surface area contributed by atoms with Crippen molar-refractivity contribution in [2.75, 3.05) is 7.05 Å². The van der Waals surface area contributed by atoms with Gasteiger partial charge in [-0.1, -0.05) is 30.3 Å². The first-order valence-electron chi connectivity index (χ1n) is 6.68. The number of halogens is 1. The van der Waals surface area contributed by atoms with Crippen molar-refractivity contribution in [3.05, 3.63) is 63.8 Å². The van der Waals surface area contributed by atoms with Crippen LogP contribution >= 0.6 is 22.9 Å². The lowest BCUT2D eigenvalue weighted by Crippen LogP contribution is -2.18. The Hall–Kier alpha value is -1.62. The highest BCUT2D eigenvalue weighted by Crippen LogP contribution is 2.27. The summed E-state index contributed by atoms with van der Waals surface area (Å²) in [7, 11) is 1.91. The Kier molecular flexibility index (Phi) is 4.39. The van der Waals surface area contributed by atoms with Crippen LogP contribution in [0.1, 0.15) is 16.8 Å². The molecule has 0 aliphatic carbocycles. The molecule has 2 heterocycles. The minimum absolute atomic E-state index is 0.0762. The zero-order chi connectivity index (χ0) is 14.7. The van der Waals surface area contributed by atoms with Gasteiger partial charge in [-0.3, -0.25) is 0 Å². The van der Waals surface area contributed by atoms with Crippen molar-refractivity contribution in [3.63, 3.8) is 0 Å². The van der Waals surface area contributed by atoms with Crippen LogP contribution in [0.4, 0.5) is 0 Å². The third-order valence-corrected chi connectivity index (χ3v) is 4.36. The van der Waals surface area contributed by atoms with Crippen LogP contribution < -0.4 is 5.32 Å². The molecule has 0 saturated heterocycles. The number of aromatic nitrogens is 1. The minimum atomic E-state index is 0.0762. The molecule has 0 fully saturated rings. The third kappa shape index (κ3) is 3.35. The number of hydrogen-bond donors (Lipinski definition) is 1. The predicted molar refractivity (Wildman–Crippen MR) is 86.8 cm³/mol. The van der Waals surface area contributed by atoms with E-state index in [-0.39, 0.29) is 6.04 Å². The van der Waals surface area contributed by atoms with E-state index in [0.717, 1.165) is 28.4 Å². The van der Waals surface area contributed by atoms with Gasteiger partial charge >= 0.3 is 0 Å². The molecular weight excluding hydrogens is 304 g/mol. The van der Waals surface area contributed by atoms with Gasteiger partial charge in [-0.25, -0.2) is 4.98 Å². The number of furan rings is 1. The number of rotatable bonds is 5. The van der Waals surface area contributed by atoms with E-state index in [2.05, 4.69) is 22.8 Å². The van der Waals surface area contributed by atoms with Crippen LogP contribution in [0.5, 0.6) is 0 Å². The maximum absolute atomic E-state index is 5.84. The van der Waals surface area contributed by atoms with Crippen LogP contribution in [0.25, 0.3) is 11.3 Å². The number of benzene rings is 1. The van der Waals surface area contributed by atoms with E-state index in [1.54, 1.807) is 17.4 Å². The molecule has 0 amide bonds. The molecule has 0 saturated carbocycles. The molecule has 2 aromatic heterocycles. The Balaban J connectivity index is 1.77. The van der Waals surface area contributed by atoms with E-state index in [1.165, 1.54) is 0 Å². The van der Waals surface area contributed by atoms with Gasteiger partial charge in [0.15, 0.2) is 5.22 Å². The normalized spacial score (nSPS) is 12.5.